The fourth-order valence-electron chi connectivity index (χ4n) is 1.28. The maximum atomic E-state index is 11.6. The van der Waals surface area contributed by atoms with E-state index in [-0.39, 0.29) is 12.5 Å². The fraction of sp³-hybridized carbons (Fsp3) is 0.167. The van der Waals surface area contributed by atoms with E-state index < -0.39 is 0 Å². The van der Waals surface area contributed by atoms with Crippen molar-refractivity contribution in [2.75, 3.05) is 17.7 Å². The molecule has 0 aliphatic heterocycles. The zero-order valence-corrected chi connectivity index (χ0v) is 10.7. The molecule has 0 spiro atoms. The fourth-order valence-corrected chi connectivity index (χ4v) is 1.98. The topological polar surface area (TPSA) is 77.2 Å². The summed E-state index contributed by atoms with van der Waals surface area (Å²) in [6.07, 6.45) is 0. The number of hydrogen-bond donors (Lipinski definition) is 2. The number of hydrogen-bond acceptors (Lipinski definition) is 5. The summed E-state index contributed by atoms with van der Waals surface area (Å²) in [5, 5.41) is 5.12. The molecule has 0 aliphatic rings. The highest BCUT2D eigenvalue weighted by molar-refractivity contribution is 7.13. The molecule has 1 heterocycles. The van der Waals surface area contributed by atoms with Crippen LogP contribution in [0.2, 0.25) is 0 Å². The average molecular weight is 263 g/mol. The summed E-state index contributed by atoms with van der Waals surface area (Å²) in [4.78, 5) is 15.7. The summed E-state index contributed by atoms with van der Waals surface area (Å²) in [5.74, 6) is 0.371. The molecule has 6 heteroatoms. The molecule has 2 rings (SSSR count). The SMILES string of the molecule is Cc1csc(NC(=O)COc2ccc(N)cc2)n1. The van der Waals surface area contributed by atoms with Crippen molar-refractivity contribution < 1.29 is 9.53 Å². The number of benzene rings is 1. The van der Waals surface area contributed by atoms with Crippen LogP contribution in [0.3, 0.4) is 0 Å². The van der Waals surface area contributed by atoms with Crippen LogP contribution >= 0.6 is 11.3 Å². The van der Waals surface area contributed by atoms with Gasteiger partial charge in [-0.05, 0) is 31.2 Å². The predicted octanol–water partition coefficient (Wildman–Crippen LogP) is 2.05. The number of nitrogens with two attached hydrogens (primary N) is 1. The molecule has 1 aromatic heterocycles. The number of carbonyl (C=O) groups excluding carboxylic acids is 1. The second-order valence-corrected chi connectivity index (χ2v) is 4.56. The molecule has 1 amide bonds. The minimum Gasteiger partial charge on any atom is -0.484 e. The molecule has 3 N–H and O–H groups in total. The van der Waals surface area contributed by atoms with Crippen molar-refractivity contribution in [2.45, 2.75) is 6.92 Å². The Hall–Kier alpha value is -2.08. The molecule has 0 aliphatic carbocycles. The number of rotatable bonds is 4. The van der Waals surface area contributed by atoms with Gasteiger partial charge >= 0.3 is 0 Å². The molecule has 0 unspecified atom stereocenters. The number of amides is 1. The first-order valence-corrected chi connectivity index (χ1v) is 6.22. The summed E-state index contributed by atoms with van der Waals surface area (Å²) in [6.45, 7) is 1.82. The van der Waals surface area contributed by atoms with Gasteiger partial charge in [-0.1, -0.05) is 0 Å². The van der Waals surface area contributed by atoms with Crippen molar-refractivity contribution in [1.82, 2.24) is 4.98 Å². The van der Waals surface area contributed by atoms with Gasteiger partial charge in [0, 0.05) is 11.1 Å². The zero-order valence-electron chi connectivity index (χ0n) is 9.84. The van der Waals surface area contributed by atoms with Gasteiger partial charge in [0.05, 0.1) is 5.69 Å². The van der Waals surface area contributed by atoms with E-state index in [9.17, 15) is 4.79 Å². The van der Waals surface area contributed by atoms with Gasteiger partial charge in [-0.25, -0.2) is 4.98 Å². The first kappa shape index (κ1) is 12.4. The number of thiazole rings is 1. The summed E-state index contributed by atoms with van der Waals surface area (Å²) >= 11 is 1.39. The third-order valence-electron chi connectivity index (χ3n) is 2.12. The molecule has 0 saturated carbocycles. The Morgan fingerprint density at radius 2 is 2.17 bits per heavy atom. The van der Waals surface area contributed by atoms with Gasteiger partial charge in [0.25, 0.3) is 5.91 Å². The molecular formula is C12H13N3O2S. The minimum atomic E-state index is -0.235. The molecule has 5 nitrogen and oxygen atoms in total. The van der Waals surface area contributed by atoms with Crippen molar-refractivity contribution in [3.8, 4) is 5.75 Å². The highest BCUT2D eigenvalue weighted by Gasteiger charge is 2.06. The van der Waals surface area contributed by atoms with Gasteiger partial charge in [0.15, 0.2) is 11.7 Å². The Morgan fingerprint density at radius 1 is 1.44 bits per heavy atom. The van der Waals surface area contributed by atoms with Crippen LogP contribution in [0.15, 0.2) is 29.6 Å². The zero-order chi connectivity index (χ0) is 13.0. The van der Waals surface area contributed by atoms with Crippen molar-refractivity contribution in [2.24, 2.45) is 0 Å². The minimum absolute atomic E-state index is 0.0530. The maximum Gasteiger partial charge on any atom is 0.264 e. The van der Waals surface area contributed by atoms with E-state index in [0.717, 1.165) is 5.69 Å². The number of nitrogens with zero attached hydrogens (tertiary/aromatic N) is 1. The Morgan fingerprint density at radius 3 is 2.78 bits per heavy atom. The van der Waals surface area contributed by atoms with Crippen LogP contribution in [0.5, 0.6) is 5.75 Å². The maximum absolute atomic E-state index is 11.6. The summed E-state index contributed by atoms with van der Waals surface area (Å²) in [5.41, 5.74) is 7.09. The number of nitrogen functional groups attached to an aromatic ring is 1. The molecular weight excluding hydrogens is 250 g/mol. The largest absolute Gasteiger partial charge is 0.484 e. The number of carbonyl (C=O) groups is 1. The first-order chi connectivity index (χ1) is 8.63. The molecule has 0 bridgehead atoms. The number of nitrogens with one attached hydrogen (secondary N) is 1. The van der Waals surface area contributed by atoms with E-state index in [0.29, 0.717) is 16.6 Å². The van der Waals surface area contributed by atoms with Gasteiger partial charge in [-0.15, -0.1) is 11.3 Å². The predicted molar refractivity (Wildman–Crippen MR) is 71.8 cm³/mol. The molecule has 0 fully saturated rings. The summed E-state index contributed by atoms with van der Waals surface area (Å²) < 4.78 is 5.31. The van der Waals surface area contributed by atoms with E-state index in [1.807, 2.05) is 12.3 Å². The van der Waals surface area contributed by atoms with E-state index in [4.69, 9.17) is 10.5 Å². The molecule has 94 valence electrons. The van der Waals surface area contributed by atoms with Crippen LogP contribution in [0, 0.1) is 6.92 Å². The van der Waals surface area contributed by atoms with Crippen LogP contribution in [-0.4, -0.2) is 17.5 Å². The number of aromatic nitrogens is 1. The molecule has 0 saturated heterocycles. The van der Waals surface area contributed by atoms with E-state index in [2.05, 4.69) is 10.3 Å². The third-order valence-corrected chi connectivity index (χ3v) is 2.99. The lowest BCUT2D eigenvalue weighted by Crippen LogP contribution is -2.20. The lowest BCUT2D eigenvalue weighted by atomic mass is 10.3. The molecule has 0 radical (unpaired) electrons. The van der Waals surface area contributed by atoms with Crippen molar-refractivity contribution in [3.63, 3.8) is 0 Å². The normalized spacial score (nSPS) is 10.1. The van der Waals surface area contributed by atoms with Crippen molar-refractivity contribution >= 4 is 28.1 Å². The highest BCUT2D eigenvalue weighted by Crippen LogP contribution is 2.15. The van der Waals surface area contributed by atoms with E-state index in [1.54, 1.807) is 24.3 Å². The Bertz CT molecular complexity index is 537. The molecule has 0 atom stereocenters. The van der Waals surface area contributed by atoms with Gasteiger partial charge in [0.2, 0.25) is 0 Å². The quantitative estimate of drug-likeness (QED) is 0.828. The van der Waals surface area contributed by atoms with Crippen LogP contribution < -0.4 is 15.8 Å². The van der Waals surface area contributed by atoms with Crippen LogP contribution in [0.25, 0.3) is 0 Å². The Balaban J connectivity index is 1.83. The molecule has 1 aromatic carbocycles. The first-order valence-electron chi connectivity index (χ1n) is 5.34. The summed E-state index contributed by atoms with van der Waals surface area (Å²) in [7, 11) is 0. The molecule has 18 heavy (non-hydrogen) atoms. The van der Waals surface area contributed by atoms with Crippen LogP contribution in [0.4, 0.5) is 10.8 Å². The second-order valence-electron chi connectivity index (χ2n) is 3.70. The van der Waals surface area contributed by atoms with Crippen molar-refractivity contribution in [3.05, 3.63) is 35.3 Å². The lowest BCUT2D eigenvalue weighted by molar-refractivity contribution is -0.118. The van der Waals surface area contributed by atoms with Gasteiger partial charge in [0.1, 0.15) is 5.75 Å². The third kappa shape index (κ3) is 3.46. The number of anilines is 2. The smallest absolute Gasteiger partial charge is 0.264 e. The Labute approximate surface area is 109 Å². The number of ether oxygens (including phenoxy) is 1. The molecule has 2 aromatic rings. The van der Waals surface area contributed by atoms with Crippen LogP contribution in [0.1, 0.15) is 5.69 Å². The van der Waals surface area contributed by atoms with Gasteiger partial charge < -0.3 is 10.5 Å². The van der Waals surface area contributed by atoms with Crippen LogP contribution in [-0.2, 0) is 4.79 Å². The lowest BCUT2D eigenvalue weighted by Gasteiger charge is -2.05. The average Bonchev–Trinajstić information content (AvgIpc) is 2.74. The van der Waals surface area contributed by atoms with E-state index >= 15 is 0 Å². The van der Waals surface area contributed by atoms with Crippen molar-refractivity contribution in [1.29, 1.82) is 0 Å². The number of aryl methyl sites for hydroxylation is 1. The monoisotopic (exact) mass is 263 g/mol. The van der Waals surface area contributed by atoms with Gasteiger partial charge in [-0.3, -0.25) is 10.1 Å². The Kier molecular flexibility index (Phi) is 3.78. The van der Waals surface area contributed by atoms with Gasteiger partial charge in [-0.2, -0.15) is 0 Å². The summed E-state index contributed by atoms with van der Waals surface area (Å²) in [6, 6.07) is 6.88. The highest BCUT2D eigenvalue weighted by atomic mass is 32.1. The second kappa shape index (κ2) is 5.50. The standard InChI is InChI=1S/C12H13N3O2S/c1-8-7-18-12(14-8)15-11(16)6-17-10-4-2-9(13)3-5-10/h2-5,7H,6,13H2,1H3,(H,14,15,16). The van der Waals surface area contributed by atoms with E-state index in [1.165, 1.54) is 11.3 Å².